The van der Waals surface area contributed by atoms with Gasteiger partial charge in [0, 0.05) is 18.9 Å². The minimum absolute atomic E-state index is 0.580. The van der Waals surface area contributed by atoms with E-state index in [4.69, 9.17) is 10.5 Å². The molecule has 8 heteroatoms. The summed E-state index contributed by atoms with van der Waals surface area (Å²) in [4.78, 5) is 35.6. The van der Waals surface area contributed by atoms with Gasteiger partial charge in [0.1, 0.15) is 5.37 Å². The number of fused-ring (bicyclic) bond motifs is 1. The molecule has 0 spiro atoms. The number of rotatable bonds is 3. The lowest BCUT2D eigenvalue weighted by Gasteiger charge is -2.53. The second-order valence-electron chi connectivity index (χ2n) is 3.99. The topological polar surface area (TPSA) is 110 Å². The first-order chi connectivity index (χ1) is 8.42. The van der Waals surface area contributed by atoms with Gasteiger partial charge in [0.05, 0.1) is 0 Å². The molecule has 0 aromatic rings. The Bertz CT molecular complexity index is 452. The maximum absolute atomic E-state index is 12.0. The van der Waals surface area contributed by atoms with Gasteiger partial charge in [-0.2, -0.15) is 0 Å². The number of nitrogens with zero attached hydrogens (tertiary/aromatic N) is 1. The first-order valence-electron chi connectivity index (χ1n) is 5.19. The number of carbonyl (C=O) groups is 3. The van der Waals surface area contributed by atoms with Crippen molar-refractivity contribution in [2.45, 2.75) is 18.5 Å². The lowest BCUT2D eigenvalue weighted by molar-refractivity contribution is -0.193. The van der Waals surface area contributed by atoms with E-state index in [0.717, 1.165) is 6.92 Å². The molecule has 0 aromatic carbocycles. The Morgan fingerprint density at radius 3 is 2.94 bits per heavy atom. The first kappa shape index (κ1) is 12.9. The van der Waals surface area contributed by atoms with Crippen LogP contribution < -0.4 is 5.73 Å². The molecule has 0 aliphatic carbocycles. The molecule has 2 unspecified atom stereocenters. The average molecular weight is 272 g/mol. The van der Waals surface area contributed by atoms with Crippen molar-refractivity contribution in [1.82, 2.24) is 4.90 Å². The Kier molecular flexibility index (Phi) is 3.07. The van der Waals surface area contributed by atoms with Gasteiger partial charge in [-0.1, -0.05) is 6.08 Å². The molecule has 0 bridgehead atoms. The molecule has 18 heavy (non-hydrogen) atoms. The number of thioether (sulfide) groups is 1. The van der Waals surface area contributed by atoms with Crippen molar-refractivity contribution in [3.05, 3.63) is 12.3 Å². The van der Waals surface area contributed by atoms with Crippen LogP contribution >= 0.6 is 11.8 Å². The number of nitrogens with two attached hydrogens (primary N) is 1. The van der Waals surface area contributed by atoms with E-state index in [-0.39, 0.29) is 0 Å². The molecule has 1 fully saturated rings. The summed E-state index contributed by atoms with van der Waals surface area (Å²) in [5.41, 5.74) is 3.72. The number of carboxylic acids is 1. The van der Waals surface area contributed by atoms with Gasteiger partial charge in [0.2, 0.25) is 5.41 Å². The number of hydrogen-bond acceptors (Lipinski definition) is 6. The van der Waals surface area contributed by atoms with Crippen LogP contribution in [0.1, 0.15) is 6.92 Å². The van der Waals surface area contributed by atoms with Gasteiger partial charge in [-0.05, 0) is 0 Å². The van der Waals surface area contributed by atoms with Gasteiger partial charge in [0.25, 0.3) is 5.91 Å². The molecule has 0 saturated carbocycles. The number of esters is 1. The molecule has 2 heterocycles. The van der Waals surface area contributed by atoms with E-state index >= 15 is 0 Å². The molecule has 3 N–H and O–H groups in total. The van der Waals surface area contributed by atoms with Gasteiger partial charge in [-0.3, -0.25) is 20.1 Å². The van der Waals surface area contributed by atoms with Gasteiger partial charge in [-0.15, -0.1) is 11.8 Å². The van der Waals surface area contributed by atoms with Crippen molar-refractivity contribution in [3.63, 3.8) is 0 Å². The number of β-lactam (4-membered cyclic amide) rings is 1. The molecule has 1 amide bonds. The van der Waals surface area contributed by atoms with Crippen LogP contribution in [0.25, 0.3) is 0 Å². The molecular formula is C10H12N2O5S. The van der Waals surface area contributed by atoms with Crippen LogP contribution in [0.15, 0.2) is 12.3 Å². The summed E-state index contributed by atoms with van der Waals surface area (Å²) < 4.78 is 4.71. The summed E-state index contributed by atoms with van der Waals surface area (Å²) in [7, 11) is 0. The zero-order valence-electron chi connectivity index (χ0n) is 9.53. The van der Waals surface area contributed by atoms with Gasteiger partial charge >= 0.3 is 11.9 Å². The van der Waals surface area contributed by atoms with Crippen LogP contribution in [0, 0.1) is 5.41 Å². The lowest BCUT2D eigenvalue weighted by atomic mass is 9.76. The van der Waals surface area contributed by atoms with E-state index < -0.39 is 34.9 Å². The van der Waals surface area contributed by atoms with Gasteiger partial charge < -0.3 is 14.7 Å². The highest BCUT2D eigenvalue weighted by Gasteiger charge is 2.71. The third kappa shape index (κ3) is 1.52. The third-order valence-electron chi connectivity index (χ3n) is 2.94. The minimum Gasteiger partial charge on any atom is -0.480 e. The van der Waals surface area contributed by atoms with E-state index in [1.807, 2.05) is 0 Å². The van der Waals surface area contributed by atoms with Crippen LogP contribution in [-0.4, -0.2) is 45.2 Å². The van der Waals surface area contributed by atoms with Crippen molar-refractivity contribution in [1.29, 1.82) is 0 Å². The maximum Gasteiger partial charge on any atom is 0.327 e. The predicted molar refractivity (Wildman–Crippen MR) is 62.0 cm³/mol. The maximum atomic E-state index is 12.0. The van der Waals surface area contributed by atoms with Crippen LogP contribution in [0.2, 0.25) is 0 Å². The number of aliphatic carboxylic acids is 1. The Morgan fingerprint density at radius 1 is 1.72 bits per heavy atom. The number of carbonyl (C=O) groups excluding carboxylic acids is 2. The smallest absolute Gasteiger partial charge is 0.327 e. The van der Waals surface area contributed by atoms with Crippen molar-refractivity contribution in [3.8, 4) is 0 Å². The highest BCUT2D eigenvalue weighted by molar-refractivity contribution is 8.00. The van der Waals surface area contributed by atoms with E-state index in [1.165, 1.54) is 22.9 Å². The van der Waals surface area contributed by atoms with Crippen molar-refractivity contribution < 1.29 is 24.2 Å². The monoisotopic (exact) mass is 272 g/mol. The average Bonchev–Trinajstić information content (AvgIpc) is 2.27. The molecule has 3 atom stereocenters. The van der Waals surface area contributed by atoms with Crippen molar-refractivity contribution in [2.24, 2.45) is 11.1 Å². The number of carboxylic acid groups (broad SMARTS) is 1. The summed E-state index contributed by atoms with van der Waals surface area (Å²) in [6.45, 7) is 1.12. The predicted octanol–water partition coefficient (Wildman–Crippen LogP) is -0.666. The van der Waals surface area contributed by atoms with Crippen LogP contribution in [0.4, 0.5) is 0 Å². The quantitative estimate of drug-likeness (QED) is 0.303. The summed E-state index contributed by atoms with van der Waals surface area (Å²) in [6.07, 6.45) is 1.80. The van der Waals surface area contributed by atoms with Gasteiger partial charge in [-0.25, -0.2) is 0 Å². The summed E-state index contributed by atoms with van der Waals surface area (Å²) in [5.74, 6) is -2.16. The fourth-order valence-corrected chi connectivity index (χ4v) is 3.40. The largest absolute Gasteiger partial charge is 0.480 e. The second kappa shape index (κ2) is 4.29. The molecule has 7 nitrogen and oxygen atoms in total. The van der Waals surface area contributed by atoms with Crippen LogP contribution in [0.3, 0.4) is 0 Å². The van der Waals surface area contributed by atoms with Crippen molar-refractivity contribution in [2.75, 3.05) is 5.75 Å². The zero-order valence-corrected chi connectivity index (χ0v) is 10.3. The molecule has 0 aromatic heterocycles. The minimum atomic E-state index is -1.89. The van der Waals surface area contributed by atoms with Crippen LogP contribution in [0.5, 0.6) is 0 Å². The van der Waals surface area contributed by atoms with Gasteiger partial charge in [0.15, 0.2) is 6.23 Å². The Balaban J connectivity index is 2.34. The second-order valence-corrected chi connectivity index (χ2v) is 5.10. The Labute approximate surface area is 107 Å². The Morgan fingerprint density at radius 2 is 2.39 bits per heavy atom. The highest BCUT2D eigenvalue weighted by Crippen LogP contribution is 2.49. The molecule has 98 valence electrons. The molecule has 2 aliphatic heterocycles. The summed E-state index contributed by atoms with van der Waals surface area (Å²) >= 11 is 1.27. The zero-order chi connectivity index (χ0) is 13.5. The van der Waals surface area contributed by atoms with E-state index in [2.05, 4.69) is 0 Å². The summed E-state index contributed by atoms with van der Waals surface area (Å²) in [5, 5.41) is 8.68. The fraction of sp³-hybridized carbons (Fsp3) is 0.500. The molecule has 2 rings (SSSR count). The molecule has 2 aliphatic rings. The third-order valence-corrected chi connectivity index (χ3v) is 4.24. The first-order valence-corrected chi connectivity index (χ1v) is 6.24. The number of hydrogen-bond donors (Lipinski definition) is 2. The van der Waals surface area contributed by atoms with Crippen molar-refractivity contribution >= 4 is 29.6 Å². The van der Waals surface area contributed by atoms with E-state index in [0.29, 0.717) is 5.75 Å². The van der Waals surface area contributed by atoms with Crippen LogP contribution in [-0.2, 0) is 19.1 Å². The molecular weight excluding hydrogens is 260 g/mol. The summed E-state index contributed by atoms with van der Waals surface area (Å²) in [6, 6.07) is 0. The highest BCUT2D eigenvalue weighted by atomic mass is 32.2. The standard InChI is InChI=1S/C10H12N2O5S/c1-5(13)17-6(11)10(9(15)16)7(14)12-3-2-4-18-8(10)12/h2-3,6,8H,4,11H2,1H3,(H,15,16)/t6?,8-,10?/m0/s1. The molecule has 1 saturated heterocycles. The number of ether oxygens (including phenoxy) is 1. The number of amides is 1. The van der Waals surface area contributed by atoms with E-state index in [9.17, 15) is 19.5 Å². The fourth-order valence-electron chi connectivity index (χ4n) is 2.09. The lowest BCUT2D eigenvalue weighted by Crippen LogP contribution is -2.76. The van der Waals surface area contributed by atoms with E-state index in [1.54, 1.807) is 6.08 Å². The Hall–Kier alpha value is -1.54. The molecule has 0 radical (unpaired) electrons. The normalized spacial score (nSPS) is 31.3. The SMILES string of the molecule is CC(=O)OC(N)C1(C(=O)O)C(=O)N2C=CCS[C@H]21.